The normalized spacial score (nSPS) is 10.0. The summed E-state index contributed by atoms with van der Waals surface area (Å²) < 4.78 is 1.72. The van der Waals surface area contributed by atoms with Gasteiger partial charge < -0.3 is 4.40 Å². The fraction of sp³-hybridized carbons (Fsp3) is 0. The Kier molecular flexibility index (Phi) is 1.49. The van der Waals surface area contributed by atoms with Crippen molar-refractivity contribution in [1.29, 1.82) is 5.26 Å². The lowest BCUT2D eigenvalue weighted by molar-refractivity contribution is 1.19. The lowest BCUT2D eigenvalue weighted by Crippen LogP contribution is -1.79. The smallest absolute Gasteiger partial charge is 0.159 e. The van der Waals surface area contributed by atoms with Crippen LogP contribution in [0.3, 0.4) is 0 Å². The highest BCUT2D eigenvalue weighted by molar-refractivity contribution is 6.30. The van der Waals surface area contributed by atoms with E-state index in [1.54, 1.807) is 28.9 Å². The molecule has 0 radical (unpaired) electrons. The van der Waals surface area contributed by atoms with E-state index in [9.17, 15) is 0 Å². The Morgan fingerprint density at radius 3 is 3.00 bits per heavy atom. The Labute approximate surface area is 73.8 Å². The van der Waals surface area contributed by atoms with E-state index in [1.807, 2.05) is 6.07 Å². The number of rotatable bonds is 0. The molecule has 58 valence electrons. The number of aromatic nitrogens is 2. The minimum Gasteiger partial charge on any atom is -0.304 e. The first-order valence-corrected chi connectivity index (χ1v) is 3.72. The molecule has 4 heteroatoms. The molecule has 0 saturated carbocycles. The molecule has 0 aliphatic rings. The highest BCUT2D eigenvalue weighted by Crippen LogP contribution is 2.10. The number of pyridine rings is 1. The summed E-state index contributed by atoms with van der Waals surface area (Å²) in [4.78, 5) is 4.02. The molecular formula is C8H4ClN3. The van der Waals surface area contributed by atoms with E-state index >= 15 is 0 Å². The SMILES string of the molecule is N#Cc1cn2cc(Cl)ccc2n1. The van der Waals surface area contributed by atoms with E-state index in [1.165, 1.54) is 0 Å². The van der Waals surface area contributed by atoms with Crippen LogP contribution in [0, 0.1) is 11.3 Å². The van der Waals surface area contributed by atoms with Crippen molar-refractivity contribution in [2.45, 2.75) is 0 Å². The summed E-state index contributed by atoms with van der Waals surface area (Å²) in [6, 6.07) is 5.47. The molecular weight excluding hydrogens is 174 g/mol. The van der Waals surface area contributed by atoms with Crippen LogP contribution in [0.25, 0.3) is 5.65 Å². The van der Waals surface area contributed by atoms with Crippen molar-refractivity contribution in [3.8, 4) is 6.07 Å². The molecule has 2 rings (SSSR count). The third-order valence-electron chi connectivity index (χ3n) is 1.53. The number of hydrogen-bond donors (Lipinski definition) is 0. The third-order valence-corrected chi connectivity index (χ3v) is 1.75. The van der Waals surface area contributed by atoms with Crippen LogP contribution >= 0.6 is 11.6 Å². The summed E-state index contributed by atoms with van der Waals surface area (Å²) in [7, 11) is 0. The van der Waals surface area contributed by atoms with Crippen molar-refractivity contribution < 1.29 is 0 Å². The Morgan fingerprint density at radius 2 is 2.25 bits per heavy atom. The second kappa shape index (κ2) is 2.50. The number of nitrogens with zero attached hydrogens (tertiary/aromatic N) is 3. The Morgan fingerprint density at radius 1 is 1.42 bits per heavy atom. The lowest BCUT2D eigenvalue weighted by Gasteiger charge is -1.91. The summed E-state index contributed by atoms with van der Waals surface area (Å²) in [5, 5.41) is 9.18. The molecule has 0 aliphatic heterocycles. The maximum absolute atomic E-state index is 8.55. The van der Waals surface area contributed by atoms with Gasteiger partial charge in [-0.3, -0.25) is 0 Å². The van der Waals surface area contributed by atoms with Crippen molar-refractivity contribution >= 4 is 17.2 Å². The topological polar surface area (TPSA) is 41.1 Å². The monoisotopic (exact) mass is 177 g/mol. The molecule has 0 amide bonds. The zero-order chi connectivity index (χ0) is 8.55. The average Bonchev–Trinajstić information content (AvgIpc) is 2.46. The Hall–Kier alpha value is -1.53. The largest absolute Gasteiger partial charge is 0.304 e. The van der Waals surface area contributed by atoms with Gasteiger partial charge >= 0.3 is 0 Å². The zero-order valence-corrected chi connectivity index (χ0v) is 6.78. The summed E-state index contributed by atoms with van der Waals surface area (Å²) in [6.07, 6.45) is 3.35. The minimum absolute atomic E-state index is 0.400. The van der Waals surface area contributed by atoms with Crippen LogP contribution in [-0.4, -0.2) is 9.38 Å². The number of halogens is 1. The number of nitriles is 1. The van der Waals surface area contributed by atoms with E-state index in [-0.39, 0.29) is 0 Å². The van der Waals surface area contributed by atoms with Gasteiger partial charge in [0.2, 0.25) is 0 Å². The molecule has 2 aromatic heterocycles. The first-order valence-electron chi connectivity index (χ1n) is 3.34. The van der Waals surface area contributed by atoms with Gasteiger partial charge in [-0.2, -0.15) is 5.26 Å². The quantitative estimate of drug-likeness (QED) is 0.616. The zero-order valence-electron chi connectivity index (χ0n) is 6.03. The average molecular weight is 178 g/mol. The molecule has 0 spiro atoms. The Balaban J connectivity index is 2.77. The second-order valence-electron chi connectivity index (χ2n) is 2.35. The van der Waals surface area contributed by atoms with Gasteiger partial charge in [-0.15, -0.1) is 0 Å². The summed E-state index contributed by atoms with van der Waals surface area (Å²) >= 11 is 5.74. The molecule has 0 saturated heterocycles. The van der Waals surface area contributed by atoms with Crippen LogP contribution in [0.1, 0.15) is 5.69 Å². The van der Waals surface area contributed by atoms with Crippen molar-refractivity contribution in [2.24, 2.45) is 0 Å². The highest BCUT2D eigenvalue weighted by atomic mass is 35.5. The number of imidazole rings is 1. The molecule has 0 fully saturated rings. The minimum atomic E-state index is 0.400. The third kappa shape index (κ3) is 1.03. The van der Waals surface area contributed by atoms with Crippen molar-refractivity contribution in [3.63, 3.8) is 0 Å². The molecule has 3 nitrogen and oxygen atoms in total. The van der Waals surface area contributed by atoms with E-state index in [0.29, 0.717) is 10.7 Å². The van der Waals surface area contributed by atoms with Crippen LogP contribution < -0.4 is 0 Å². The van der Waals surface area contributed by atoms with Crippen LogP contribution in [-0.2, 0) is 0 Å². The molecule has 0 bridgehead atoms. The molecule has 0 aliphatic carbocycles. The van der Waals surface area contributed by atoms with Crippen molar-refractivity contribution in [2.75, 3.05) is 0 Å². The molecule has 2 aromatic rings. The van der Waals surface area contributed by atoms with Crippen LogP contribution in [0.15, 0.2) is 24.5 Å². The lowest BCUT2D eigenvalue weighted by atomic mass is 10.5. The maximum atomic E-state index is 8.55. The van der Waals surface area contributed by atoms with E-state index in [4.69, 9.17) is 16.9 Å². The molecule has 0 aromatic carbocycles. The van der Waals surface area contributed by atoms with Gasteiger partial charge in [0.25, 0.3) is 0 Å². The van der Waals surface area contributed by atoms with Gasteiger partial charge in [0.05, 0.1) is 5.02 Å². The van der Waals surface area contributed by atoms with Gasteiger partial charge in [-0.25, -0.2) is 4.98 Å². The molecule has 0 unspecified atom stereocenters. The highest BCUT2D eigenvalue weighted by Gasteiger charge is 1.99. The van der Waals surface area contributed by atoms with Gasteiger partial charge in [-0.1, -0.05) is 11.6 Å². The maximum Gasteiger partial charge on any atom is 0.159 e. The van der Waals surface area contributed by atoms with Crippen LogP contribution in [0.2, 0.25) is 5.02 Å². The van der Waals surface area contributed by atoms with Gasteiger partial charge in [0, 0.05) is 12.4 Å². The van der Waals surface area contributed by atoms with Gasteiger partial charge in [0.1, 0.15) is 11.7 Å². The predicted octanol–water partition coefficient (Wildman–Crippen LogP) is 1.86. The van der Waals surface area contributed by atoms with Crippen LogP contribution in [0.4, 0.5) is 0 Å². The van der Waals surface area contributed by atoms with Gasteiger partial charge in [-0.05, 0) is 12.1 Å². The summed E-state index contributed by atoms with van der Waals surface area (Å²) in [5.41, 5.74) is 1.13. The Bertz CT molecular complexity index is 467. The summed E-state index contributed by atoms with van der Waals surface area (Å²) in [6.45, 7) is 0. The molecule has 0 N–H and O–H groups in total. The first-order chi connectivity index (χ1) is 5.79. The van der Waals surface area contributed by atoms with E-state index < -0.39 is 0 Å². The molecule has 2 heterocycles. The van der Waals surface area contributed by atoms with E-state index in [2.05, 4.69) is 4.98 Å². The summed E-state index contributed by atoms with van der Waals surface area (Å²) in [5.74, 6) is 0. The first kappa shape index (κ1) is 7.14. The molecule has 12 heavy (non-hydrogen) atoms. The molecule has 0 atom stereocenters. The van der Waals surface area contributed by atoms with Crippen LogP contribution in [0.5, 0.6) is 0 Å². The van der Waals surface area contributed by atoms with Crippen molar-refractivity contribution in [1.82, 2.24) is 9.38 Å². The van der Waals surface area contributed by atoms with Crippen molar-refractivity contribution in [3.05, 3.63) is 35.2 Å². The number of hydrogen-bond acceptors (Lipinski definition) is 2. The fourth-order valence-corrected chi connectivity index (χ4v) is 1.19. The van der Waals surface area contributed by atoms with E-state index in [0.717, 1.165) is 5.65 Å². The standard InChI is InChI=1S/C8H4ClN3/c9-6-1-2-8-11-7(3-10)5-12(8)4-6/h1-2,4-5H. The van der Waals surface area contributed by atoms with Gasteiger partial charge in [0.15, 0.2) is 5.69 Å². The fourth-order valence-electron chi connectivity index (χ4n) is 1.02. The number of fused-ring (bicyclic) bond motifs is 1. The predicted molar refractivity (Wildman–Crippen MR) is 44.9 cm³/mol. The second-order valence-corrected chi connectivity index (χ2v) is 2.79.